The predicted octanol–water partition coefficient (Wildman–Crippen LogP) is -0.147. The Morgan fingerprint density at radius 2 is 2.44 bits per heavy atom. The van der Waals surface area contributed by atoms with Gasteiger partial charge >= 0.3 is 6.09 Å². The number of hydrogen-bond donors (Lipinski definition) is 2. The first-order valence-electron chi connectivity index (χ1n) is 2.73. The van der Waals surface area contributed by atoms with Crippen LogP contribution < -0.4 is 5.73 Å². The van der Waals surface area contributed by atoms with Crippen LogP contribution in [-0.2, 0) is 4.74 Å². The lowest BCUT2D eigenvalue weighted by molar-refractivity contribution is 0.0981. The Balaban J connectivity index is 3.26. The molecule has 0 spiro atoms. The fourth-order valence-corrected chi connectivity index (χ4v) is 0.439. The Morgan fingerprint density at radius 1 is 1.89 bits per heavy atom. The molecule has 0 aromatic heterocycles. The summed E-state index contributed by atoms with van der Waals surface area (Å²) < 4.78 is 4.47. The molecule has 0 saturated carbocycles. The number of aliphatic hydroxyl groups is 1. The summed E-state index contributed by atoms with van der Waals surface area (Å²) >= 11 is 0. The predicted molar refractivity (Wildman–Crippen MR) is 31.8 cm³/mol. The maximum atomic E-state index is 10.0. The van der Waals surface area contributed by atoms with Crippen molar-refractivity contribution in [2.75, 3.05) is 6.61 Å². The quantitative estimate of drug-likeness (QED) is 0.562. The highest BCUT2D eigenvalue weighted by molar-refractivity contribution is 5.64. The van der Waals surface area contributed by atoms with Crippen LogP contribution in [-0.4, -0.2) is 23.9 Å². The summed E-state index contributed by atoms with van der Waals surface area (Å²) in [4.78, 5) is 10.0. The van der Waals surface area contributed by atoms with Crippen molar-refractivity contribution in [1.82, 2.24) is 0 Å². The van der Waals surface area contributed by atoms with Gasteiger partial charge in [-0.15, -0.1) is 0 Å². The van der Waals surface area contributed by atoms with Gasteiger partial charge in [0.05, 0.1) is 0 Å². The molecule has 0 aromatic rings. The van der Waals surface area contributed by atoms with Gasteiger partial charge in [0, 0.05) is 13.0 Å². The van der Waals surface area contributed by atoms with Crippen LogP contribution in [0.4, 0.5) is 4.79 Å². The average Bonchev–Trinajstić information content (AvgIpc) is 1.63. The van der Waals surface area contributed by atoms with Crippen molar-refractivity contribution in [1.29, 1.82) is 0 Å². The number of hydrogen-bond acceptors (Lipinski definition) is 3. The van der Waals surface area contributed by atoms with Gasteiger partial charge in [-0.05, 0) is 6.92 Å². The topological polar surface area (TPSA) is 72.6 Å². The minimum atomic E-state index is -0.795. The van der Waals surface area contributed by atoms with E-state index >= 15 is 0 Å². The molecule has 0 heterocycles. The molecule has 0 aliphatic rings. The second-order valence-corrected chi connectivity index (χ2v) is 1.76. The molecule has 0 radical (unpaired) electrons. The van der Waals surface area contributed by atoms with Crippen LogP contribution >= 0.6 is 0 Å². The lowest BCUT2D eigenvalue weighted by atomic mass is 10.3. The highest BCUT2D eigenvalue weighted by Gasteiger charge is 2.02. The van der Waals surface area contributed by atoms with Gasteiger partial charge in [0.2, 0.25) is 0 Å². The molecule has 0 rings (SSSR count). The number of ether oxygens (including phenoxy) is 1. The monoisotopic (exact) mass is 133 g/mol. The van der Waals surface area contributed by atoms with E-state index in [1.54, 1.807) is 6.92 Å². The molecule has 0 bridgehead atoms. The first kappa shape index (κ1) is 8.23. The van der Waals surface area contributed by atoms with Crippen molar-refractivity contribution in [3.63, 3.8) is 0 Å². The van der Waals surface area contributed by atoms with Gasteiger partial charge in [-0.2, -0.15) is 0 Å². The highest BCUT2D eigenvalue weighted by atomic mass is 16.6. The summed E-state index contributed by atoms with van der Waals surface area (Å²) in [5.74, 6) is 0. The molecule has 0 fully saturated rings. The molecule has 0 aromatic carbocycles. The largest absolute Gasteiger partial charge is 0.447 e. The van der Waals surface area contributed by atoms with Crippen LogP contribution in [0.25, 0.3) is 0 Å². The molecule has 0 aliphatic carbocycles. The molecular formula is C5H11NO3. The Bertz CT molecular complexity index is 94.2. The molecule has 1 atom stereocenters. The zero-order valence-corrected chi connectivity index (χ0v) is 5.33. The van der Waals surface area contributed by atoms with Gasteiger partial charge in [-0.3, -0.25) is 0 Å². The van der Waals surface area contributed by atoms with E-state index in [-0.39, 0.29) is 12.7 Å². The van der Waals surface area contributed by atoms with Crippen LogP contribution in [0, 0.1) is 0 Å². The van der Waals surface area contributed by atoms with E-state index in [4.69, 9.17) is 5.11 Å². The zero-order chi connectivity index (χ0) is 7.28. The number of nitrogens with two attached hydrogens (primary N) is 1. The van der Waals surface area contributed by atoms with E-state index in [1.807, 2.05) is 0 Å². The lowest BCUT2D eigenvalue weighted by Crippen LogP contribution is -2.20. The second kappa shape index (κ2) is 4.14. The summed E-state index contributed by atoms with van der Waals surface area (Å²) in [6.45, 7) is 1.68. The van der Waals surface area contributed by atoms with E-state index in [1.165, 1.54) is 0 Å². The van der Waals surface area contributed by atoms with Crippen molar-refractivity contribution in [2.24, 2.45) is 5.73 Å². The molecule has 1 unspecified atom stereocenters. The third kappa shape index (κ3) is 5.10. The molecule has 1 amide bonds. The number of carbonyl (C=O) groups is 1. The van der Waals surface area contributed by atoms with Crippen LogP contribution in [0.1, 0.15) is 13.3 Å². The standard InChI is InChI=1S/C5H11NO3/c1-4(2-3-7)9-5(6)8/h4,7H,2-3H2,1H3,(H2,6,8). The molecule has 0 saturated heterocycles. The molecule has 3 N–H and O–H groups in total. The fraction of sp³-hybridized carbons (Fsp3) is 0.800. The minimum absolute atomic E-state index is 0.00838. The average molecular weight is 133 g/mol. The van der Waals surface area contributed by atoms with E-state index < -0.39 is 6.09 Å². The Labute approximate surface area is 53.6 Å². The summed E-state index contributed by atoms with van der Waals surface area (Å²) in [7, 11) is 0. The van der Waals surface area contributed by atoms with E-state index in [0.29, 0.717) is 6.42 Å². The smallest absolute Gasteiger partial charge is 0.404 e. The molecule has 4 nitrogen and oxygen atoms in total. The normalized spacial score (nSPS) is 12.7. The lowest BCUT2D eigenvalue weighted by Gasteiger charge is -2.07. The third-order valence-electron chi connectivity index (χ3n) is 0.853. The number of carbonyl (C=O) groups excluding carboxylic acids is 1. The SMILES string of the molecule is CC(CCO)OC(N)=O. The van der Waals surface area contributed by atoms with Crippen LogP contribution in [0.3, 0.4) is 0 Å². The number of rotatable bonds is 3. The maximum absolute atomic E-state index is 10.0. The van der Waals surface area contributed by atoms with E-state index in [0.717, 1.165) is 0 Å². The van der Waals surface area contributed by atoms with Crippen LogP contribution in [0.2, 0.25) is 0 Å². The zero-order valence-electron chi connectivity index (χ0n) is 5.33. The molecule has 0 aliphatic heterocycles. The van der Waals surface area contributed by atoms with Gasteiger partial charge < -0.3 is 15.6 Å². The molecule has 9 heavy (non-hydrogen) atoms. The first-order valence-corrected chi connectivity index (χ1v) is 2.73. The number of primary amides is 1. The summed E-state index contributed by atoms with van der Waals surface area (Å²) in [5.41, 5.74) is 4.68. The van der Waals surface area contributed by atoms with Crippen molar-refractivity contribution in [2.45, 2.75) is 19.4 Å². The van der Waals surface area contributed by atoms with Crippen LogP contribution in [0.15, 0.2) is 0 Å². The van der Waals surface area contributed by atoms with E-state index in [2.05, 4.69) is 10.5 Å². The van der Waals surface area contributed by atoms with Gasteiger partial charge in [0.15, 0.2) is 0 Å². The Morgan fingerprint density at radius 3 is 2.78 bits per heavy atom. The number of aliphatic hydroxyl groups excluding tert-OH is 1. The molecule has 4 heteroatoms. The van der Waals surface area contributed by atoms with Gasteiger partial charge in [0.1, 0.15) is 6.10 Å². The van der Waals surface area contributed by atoms with Crippen molar-refractivity contribution >= 4 is 6.09 Å². The molecular weight excluding hydrogens is 122 g/mol. The van der Waals surface area contributed by atoms with Crippen molar-refractivity contribution in [3.8, 4) is 0 Å². The van der Waals surface area contributed by atoms with Crippen molar-refractivity contribution in [3.05, 3.63) is 0 Å². The highest BCUT2D eigenvalue weighted by Crippen LogP contribution is 1.94. The second-order valence-electron chi connectivity index (χ2n) is 1.76. The fourth-order valence-electron chi connectivity index (χ4n) is 0.439. The Kier molecular flexibility index (Phi) is 3.79. The van der Waals surface area contributed by atoms with Gasteiger partial charge in [-0.25, -0.2) is 4.79 Å². The Hall–Kier alpha value is -0.770. The minimum Gasteiger partial charge on any atom is -0.447 e. The maximum Gasteiger partial charge on any atom is 0.404 e. The number of amides is 1. The van der Waals surface area contributed by atoms with E-state index in [9.17, 15) is 4.79 Å². The summed E-state index contributed by atoms with van der Waals surface area (Å²) in [6.07, 6.45) is -0.647. The summed E-state index contributed by atoms with van der Waals surface area (Å²) in [5, 5.41) is 8.32. The van der Waals surface area contributed by atoms with Gasteiger partial charge in [-0.1, -0.05) is 0 Å². The first-order chi connectivity index (χ1) is 4.16. The molecule has 54 valence electrons. The van der Waals surface area contributed by atoms with Crippen LogP contribution in [0.5, 0.6) is 0 Å². The summed E-state index contributed by atoms with van der Waals surface area (Å²) in [6, 6.07) is 0. The van der Waals surface area contributed by atoms with Crippen molar-refractivity contribution < 1.29 is 14.6 Å². The van der Waals surface area contributed by atoms with Gasteiger partial charge in [0.25, 0.3) is 0 Å². The third-order valence-corrected chi connectivity index (χ3v) is 0.853.